The van der Waals surface area contributed by atoms with Gasteiger partial charge in [-0.15, -0.1) is 0 Å². The van der Waals surface area contributed by atoms with Crippen molar-refractivity contribution in [1.82, 2.24) is 9.97 Å². The smallest absolute Gasteiger partial charge is 0.152 e. The van der Waals surface area contributed by atoms with E-state index in [1.165, 1.54) is 12.4 Å². The first-order valence-corrected chi connectivity index (χ1v) is 4.87. The number of aromatic hydroxyl groups is 1. The number of hydrogen-bond donors (Lipinski definition) is 1. The van der Waals surface area contributed by atoms with Gasteiger partial charge in [0, 0.05) is 5.41 Å². The molecule has 1 rings (SSSR count). The van der Waals surface area contributed by atoms with Gasteiger partial charge in [-0.2, -0.15) is 0 Å². The van der Waals surface area contributed by atoms with Crippen molar-refractivity contribution >= 4 is 5.78 Å². The fourth-order valence-electron chi connectivity index (χ4n) is 1.32. The van der Waals surface area contributed by atoms with Crippen molar-refractivity contribution in [2.24, 2.45) is 5.41 Å². The average molecular weight is 208 g/mol. The van der Waals surface area contributed by atoms with E-state index < -0.39 is 5.41 Å². The number of ketones is 1. The molecule has 1 aromatic heterocycles. The van der Waals surface area contributed by atoms with E-state index in [2.05, 4.69) is 9.97 Å². The summed E-state index contributed by atoms with van der Waals surface area (Å²) in [4.78, 5) is 19.8. The lowest BCUT2D eigenvalue weighted by Gasteiger charge is -2.20. The molecular weight excluding hydrogens is 192 g/mol. The van der Waals surface area contributed by atoms with Crippen LogP contribution in [-0.2, 0) is 4.79 Å². The summed E-state index contributed by atoms with van der Waals surface area (Å²) in [7, 11) is 0. The lowest BCUT2D eigenvalue weighted by molar-refractivity contribution is -0.127. The largest absolute Gasteiger partial charge is 0.505 e. The summed E-state index contributed by atoms with van der Waals surface area (Å²) in [6, 6.07) is 0. The number of carbonyl (C=O) groups excluding carboxylic acids is 1. The highest BCUT2D eigenvalue weighted by Gasteiger charge is 2.29. The molecule has 0 bridgehead atoms. The number of Topliss-reactive ketones (excluding diaryl/α,β-unsaturated/α-hetero) is 1. The third-order valence-corrected chi connectivity index (χ3v) is 2.18. The number of hydrogen-bond acceptors (Lipinski definition) is 4. The van der Waals surface area contributed by atoms with Gasteiger partial charge >= 0.3 is 0 Å². The molecule has 0 aromatic carbocycles. The van der Waals surface area contributed by atoms with Crippen LogP contribution in [0.25, 0.3) is 0 Å². The average Bonchev–Trinajstić information content (AvgIpc) is 2.15. The minimum absolute atomic E-state index is 0.00848. The maximum Gasteiger partial charge on any atom is 0.152 e. The monoisotopic (exact) mass is 208 g/mol. The van der Waals surface area contributed by atoms with E-state index in [4.69, 9.17) is 5.11 Å². The molecule has 1 aromatic rings. The third kappa shape index (κ3) is 2.75. The predicted octanol–water partition coefficient (Wildman–Crippen LogP) is 1.90. The summed E-state index contributed by atoms with van der Waals surface area (Å²) >= 11 is 0. The van der Waals surface area contributed by atoms with E-state index in [1.807, 2.05) is 20.8 Å². The van der Waals surface area contributed by atoms with E-state index in [0.717, 1.165) is 0 Å². The first-order valence-electron chi connectivity index (χ1n) is 4.87. The molecule has 0 saturated carbocycles. The molecule has 0 aliphatic rings. The van der Waals surface area contributed by atoms with Gasteiger partial charge < -0.3 is 5.11 Å². The SMILES string of the molecule is CC(C(=O)C(C)(C)C)c1ncc(O)cn1. The summed E-state index contributed by atoms with van der Waals surface area (Å²) in [5.74, 6) is 0.209. The van der Waals surface area contributed by atoms with Crippen molar-refractivity contribution in [2.75, 3.05) is 0 Å². The molecule has 1 N–H and O–H groups in total. The molecule has 1 unspecified atom stereocenters. The van der Waals surface area contributed by atoms with Crippen LogP contribution in [0, 0.1) is 5.41 Å². The van der Waals surface area contributed by atoms with Gasteiger partial charge in [0.1, 0.15) is 11.6 Å². The van der Waals surface area contributed by atoms with E-state index in [9.17, 15) is 4.79 Å². The van der Waals surface area contributed by atoms with Gasteiger partial charge in [0.2, 0.25) is 0 Å². The van der Waals surface area contributed by atoms with Crippen molar-refractivity contribution in [1.29, 1.82) is 0 Å². The molecule has 0 amide bonds. The molecule has 4 heteroatoms. The standard InChI is InChI=1S/C11H16N2O2/c1-7(9(15)11(2,3)4)10-12-5-8(14)6-13-10/h5-7,14H,1-4H3. The van der Waals surface area contributed by atoms with Crippen LogP contribution >= 0.6 is 0 Å². The number of aromatic nitrogens is 2. The van der Waals surface area contributed by atoms with E-state index in [-0.39, 0.29) is 17.5 Å². The highest BCUT2D eigenvalue weighted by atomic mass is 16.3. The maximum absolute atomic E-state index is 11.9. The second kappa shape index (κ2) is 3.96. The van der Waals surface area contributed by atoms with Gasteiger partial charge in [-0.1, -0.05) is 20.8 Å². The normalized spacial score (nSPS) is 13.6. The van der Waals surface area contributed by atoms with Crippen LogP contribution in [0.15, 0.2) is 12.4 Å². The minimum Gasteiger partial charge on any atom is -0.505 e. The van der Waals surface area contributed by atoms with E-state index in [0.29, 0.717) is 5.82 Å². The lowest BCUT2D eigenvalue weighted by Crippen LogP contribution is -2.26. The molecule has 15 heavy (non-hydrogen) atoms. The molecule has 0 fully saturated rings. The molecule has 1 atom stereocenters. The number of nitrogens with zero attached hydrogens (tertiary/aromatic N) is 2. The van der Waals surface area contributed by atoms with E-state index >= 15 is 0 Å². The molecule has 0 aliphatic heterocycles. The second-order valence-corrected chi connectivity index (χ2v) is 4.64. The van der Waals surface area contributed by atoms with Crippen molar-refractivity contribution in [3.63, 3.8) is 0 Å². The molecule has 0 aliphatic carbocycles. The Bertz CT molecular complexity index is 352. The van der Waals surface area contributed by atoms with Gasteiger partial charge in [0.05, 0.1) is 18.3 Å². The Morgan fingerprint density at radius 3 is 2.20 bits per heavy atom. The Morgan fingerprint density at radius 2 is 1.80 bits per heavy atom. The van der Waals surface area contributed by atoms with Crippen molar-refractivity contribution in [2.45, 2.75) is 33.6 Å². The summed E-state index contributed by atoms with van der Waals surface area (Å²) in [6.07, 6.45) is 2.60. The molecule has 0 spiro atoms. The van der Waals surface area contributed by atoms with Gasteiger partial charge in [0.25, 0.3) is 0 Å². The van der Waals surface area contributed by atoms with Gasteiger partial charge in [-0.05, 0) is 6.92 Å². The summed E-state index contributed by atoms with van der Waals surface area (Å²) in [6.45, 7) is 7.38. The Morgan fingerprint density at radius 1 is 1.33 bits per heavy atom. The van der Waals surface area contributed by atoms with Crippen molar-refractivity contribution in [3.8, 4) is 5.75 Å². The van der Waals surface area contributed by atoms with Crippen LogP contribution in [0.5, 0.6) is 5.75 Å². The summed E-state index contributed by atoms with van der Waals surface area (Å²) in [5.41, 5.74) is -0.402. The minimum atomic E-state index is -0.402. The number of carbonyl (C=O) groups is 1. The molecule has 82 valence electrons. The zero-order valence-corrected chi connectivity index (χ0v) is 9.48. The Kier molecular flexibility index (Phi) is 3.07. The zero-order chi connectivity index (χ0) is 11.6. The first kappa shape index (κ1) is 11.6. The third-order valence-electron chi connectivity index (χ3n) is 2.18. The van der Waals surface area contributed by atoms with Crippen molar-refractivity contribution < 1.29 is 9.90 Å². The fourth-order valence-corrected chi connectivity index (χ4v) is 1.32. The van der Waals surface area contributed by atoms with Gasteiger partial charge in [0.15, 0.2) is 5.75 Å². The van der Waals surface area contributed by atoms with Crippen LogP contribution < -0.4 is 0 Å². The Balaban J connectivity index is 2.90. The fraction of sp³-hybridized carbons (Fsp3) is 0.545. The quantitative estimate of drug-likeness (QED) is 0.806. The topological polar surface area (TPSA) is 63.1 Å². The van der Waals surface area contributed by atoms with Crippen molar-refractivity contribution in [3.05, 3.63) is 18.2 Å². The van der Waals surface area contributed by atoms with Gasteiger partial charge in [-0.25, -0.2) is 9.97 Å². The molecule has 4 nitrogen and oxygen atoms in total. The lowest BCUT2D eigenvalue weighted by atomic mass is 9.83. The van der Waals surface area contributed by atoms with Crippen LogP contribution in [0.4, 0.5) is 0 Å². The highest BCUT2D eigenvalue weighted by molar-refractivity contribution is 5.89. The summed E-state index contributed by atoms with van der Waals surface area (Å²) in [5, 5.41) is 9.03. The van der Waals surface area contributed by atoms with Crippen LogP contribution in [0.1, 0.15) is 39.4 Å². The highest BCUT2D eigenvalue weighted by Crippen LogP contribution is 2.25. The van der Waals surface area contributed by atoms with Crippen LogP contribution in [-0.4, -0.2) is 20.9 Å². The van der Waals surface area contributed by atoms with Crippen LogP contribution in [0.2, 0.25) is 0 Å². The summed E-state index contributed by atoms with van der Waals surface area (Å²) < 4.78 is 0. The molecule has 0 radical (unpaired) electrons. The van der Waals surface area contributed by atoms with Crippen LogP contribution in [0.3, 0.4) is 0 Å². The number of rotatable bonds is 2. The molecular formula is C11H16N2O2. The zero-order valence-electron chi connectivity index (χ0n) is 9.48. The molecule has 0 saturated heterocycles. The molecule has 1 heterocycles. The van der Waals surface area contributed by atoms with Gasteiger partial charge in [-0.3, -0.25) is 4.79 Å². The maximum atomic E-state index is 11.9. The Labute approximate surface area is 89.4 Å². The Hall–Kier alpha value is -1.45. The van der Waals surface area contributed by atoms with E-state index in [1.54, 1.807) is 6.92 Å². The second-order valence-electron chi connectivity index (χ2n) is 4.64. The first-order chi connectivity index (χ1) is 6.82. The predicted molar refractivity (Wildman–Crippen MR) is 56.6 cm³/mol.